The van der Waals surface area contributed by atoms with Gasteiger partial charge in [-0.25, -0.2) is 0 Å². The van der Waals surface area contributed by atoms with Gasteiger partial charge in [0, 0.05) is 5.39 Å². The fourth-order valence-electron chi connectivity index (χ4n) is 1.13. The highest BCUT2D eigenvalue weighted by Crippen LogP contribution is 2.24. The van der Waals surface area contributed by atoms with Gasteiger partial charge in [-0.1, -0.05) is 11.6 Å². The monoisotopic (exact) mass is 164 g/mol. The third kappa shape index (κ3) is 1.03. The Hall–Kier alpha value is -0.890. The number of aryl methyl sites for hydroxylation is 1. The molecule has 0 fully saturated rings. The lowest BCUT2D eigenvalue weighted by molar-refractivity contribution is 0.608. The molecule has 0 aliphatic rings. The number of benzene rings is 1. The zero-order valence-electron chi connectivity index (χ0n) is 6.16. The number of furan rings is 1. The van der Waals surface area contributed by atoms with Crippen molar-refractivity contribution in [2.24, 2.45) is 0 Å². The van der Waals surface area contributed by atoms with Gasteiger partial charge in [0.1, 0.15) is 11.8 Å². The molecule has 0 unspecified atom stereocenters. The van der Waals surface area contributed by atoms with Crippen molar-refractivity contribution in [3.8, 4) is 0 Å². The predicted octanol–water partition coefficient (Wildman–Crippen LogP) is 3.03. The quantitative estimate of drug-likeness (QED) is 0.590. The maximum Gasteiger partial charge on any atom is 0.135 e. The van der Waals surface area contributed by atoms with E-state index in [0.29, 0.717) is 0 Å². The fraction of sp³-hybridized carbons (Fsp3) is 0.111. The zero-order valence-corrected chi connectivity index (χ0v) is 7.06. The van der Waals surface area contributed by atoms with E-state index in [4.69, 9.17) is 4.42 Å². The highest BCUT2D eigenvalue weighted by molar-refractivity contribution is 7.80. The van der Waals surface area contributed by atoms with Gasteiger partial charge in [-0.3, -0.25) is 0 Å². The van der Waals surface area contributed by atoms with Crippen molar-refractivity contribution in [3.05, 3.63) is 30.0 Å². The molecule has 0 aliphatic heterocycles. The summed E-state index contributed by atoms with van der Waals surface area (Å²) in [6, 6.07) is 6.06. The third-order valence-electron chi connectivity index (χ3n) is 1.71. The molecule has 0 bridgehead atoms. The summed E-state index contributed by atoms with van der Waals surface area (Å²) in [6.45, 7) is 2.06. The van der Waals surface area contributed by atoms with Gasteiger partial charge < -0.3 is 4.42 Å². The van der Waals surface area contributed by atoms with Crippen LogP contribution in [0.5, 0.6) is 0 Å². The Kier molecular flexibility index (Phi) is 1.43. The predicted molar refractivity (Wildman–Crippen MR) is 48.2 cm³/mol. The molecule has 56 valence electrons. The van der Waals surface area contributed by atoms with Crippen molar-refractivity contribution in [2.75, 3.05) is 0 Å². The molecule has 0 saturated heterocycles. The third-order valence-corrected chi connectivity index (χ3v) is 2.05. The van der Waals surface area contributed by atoms with Crippen molar-refractivity contribution in [3.63, 3.8) is 0 Å². The van der Waals surface area contributed by atoms with Crippen molar-refractivity contribution >= 4 is 23.6 Å². The number of thiol groups is 1. The molecule has 1 heterocycles. The molecular weight excluding hydrogens is 156 g/mol. The molecule has 2 aromatic rings. The molecule has 2 heteroatoms. The normalized spacial score (nSPS) is 10.7. The first kappa shape index (κ1) is 6.80. The second kappa shape index (κ2) is 2.31. The van der Waals surface area contributed by atoms with Crippen LogP contribution in [0, 0.1) is 6.92 Å². The Morgan fingerprint density at radius 1 is 1.36 bits per heavy atom. The lowest BCUT2D eigenvalue weighted by Gasteiger charge is -1.90. The Morgan fingerprint density at radius 2 is 2.18 bits per heavy atom. The van der Waals surface area contributed by atoms with E-state index >= 15 is 0 Å². The summed E-state index contributed by atoms with van der Waals surface area (Å²) in [7, 11) is 0. The van der Waals surface area contributed by atoms with Gasteiger partial charge in [0.25, 0.3) is 0 Å². The second-order valence-corrected chi connectivity index (χ2v) is 3.10. The molecule has 0 N–H and O–H groups in total. The van der Waals surface area contributed by atoms with Crippen LogP contribution in [0.15, 0.2) is 33.8 Å². The Labute approximate surface area is 70.4 Å². The van der Waals surface area contributed by atoms with Crippen LogP contribution in [0.4, 0.5) is 0 Å². The van der Waals surface area contributed by atoms with Crippen molar-refractivity contribution in [1.82, 2.24) is 0 Å². The summed E-state index contributed by atoms with van der Waals surface area (Å²) < 4.78 is 5.23. The topological polar surface area (TPSA) is 13.1 Å². The van der Waals surface area contributed by atoms with Gasteiger partial charge in [0.15, 0.2) is 0 Å². The lowest BCUT2D eigenvalue weighted by Crippen LogP contribution is -1.69. The summed E-state index contributed by atoms with van der Waals surface area (Å²) in [5.74, 6) is 0. The fourth-order valence-corrected chi connectivity index (χ4v) is 1.36. The maximum absolute atomic E-state index is 5.23. The van der Waals surface area contributed by atoms with Crippen LogP contribution in [-0.4, -0.2) is 0 Å². The average Bonchev–Trinajstić information content (AvgIpc) is 2.33. The number of fused-ring (bicyclic) bond motifs is 1. The van der Waals surface area contributed by atoms with Crippen LogP contribution >= 0.6 is 12.6 Å². The first-order valence-electron chi connectivity index (χ1n) is 3.44. The van der Waals surface area contributed by atoms with E-state index in [0.717, 1.165) is 15.9 Å². The molecule has 1 nitrogen and oxygen atoms in total. The molecule has 0 aliphatic carbocycles. The Balaban J connectivity index is 2.87. The summed E-state index contributed by atoms with van der Waals surface area (Å²) in [6.07, 6.45) is 1.66. The van der Waals surface area contributed by atoms with Gasteiger partial charge >= 0.3 is 0 Å². The first-order valence-corrected chi connectivity index (χ1v) is 3.89. The minimum Gasteiger partial charge on any atom is -0.463 e. The van der Waals surface area contributed by atoms with Crippen LogP contribution in [-0.2, 0) is 0 Å². The minimum absolute atomic E-state index is 0.903. The van der Waals surface area contributed by atoms with Crippen LogP contribution in [0.2, 0.25) is 0 Å². The minimum atomic E-state index is 0.903. The van der Waals surface area contributed by atoms with Crippen LogP contribution in [0.1, 0.15) is 5.56 Å². The molecule has 0 radical (unpaired) electrons. The van der Waals surface area contributed by atoms with Crippen LogP contribution in [0.25, 0.3) is 11.0 Å². The van der Waals surface area contributed by atoms with E-state index in [1.54, 1.807) is 6.26 Å². The van der Waals surface area contributed by atoms with Crippen molar-refractivity contribution in [2.45, 2.75) is 11.8 Å². The first-order chi connectivity index (χ1) is 5.27. The van der Waals surface area contributed by atoms with E-state index in [9.17, 15) is 0 Å². The molecule has 0 saturated carbocycles. The van der Waals surface area contributed by atoms with Gasteiger partial charge in [0.2, 0.25) is 0 Å². The smallest absolute Gasteiger partial charge is 0.135 e. The van der Waals surface area contributed by atoms with Gasteiger partial charge in [0.05, 0.1) is 4.90 Å². The maximum atomic E-state index is 5.23. The summed E-state index contributed by atoms with van der Waals surface area (Å²) in [5, 5.41) is 1.09. The van der Waals surface area contributed by atoms with Crippen LogP contribution in [0.3, 0.4) is 0 Å². The largest absolute Gasteiger partial charge is 0.463 e. The van der Waals surface area contributed by atoms with E-state index in [1.165, 1.54) is 5.56 Å². The number of hydrogen-bond donors (Lipinski definition) is 1. The van der Waals surface area contributed by atoms with E-state index in [-0.39, 0.29) is 0 Å². The summed E-state index contributed by atoms with van der Waals surface area (Å²) in [4.78, 5) is 0.906. The standard InChI is InChI=1S/C9H8OS/c1-6-2-3-8-7(4-6)9(11)5-10-8/h2-5,11H,1H3. The number of hydrogen-bond acceptors (Lipinski definition) is 2. The van der Waals surface area contributed by atoms with Crippen molar-refractivity contribution in [1.29, 1.82) is 0 Å². The lowest BCUT2D eigenvalue weighted by atomic mass is 10.2. The average molecular weight is 164 g/mol. The second-order valence-electron chi connectivity index (χ2n) is 2.62. The van der Waals surface area contributed by atoms with E-state index < -0.39 is 0 Å². The summed E-state index contributed by atoms with van der Waals surface area (Å²) >= 11 is 4.26. The van der Waals surface area contributed by atoms with Gasteiger partial charge in [-0.15, -0.1) is 12.6 Å². The molecule has 1 aromatic heterocycles. The molecular formula is C9H8OS. The van der Waals surface area contributed by atoms with E-state index in [1.807, 2.05) is 12.1 Å². The zero-order chi connectivity index (χ0) is 7.84. The van der Waals surface area contributed by atoms with Crippen LogP contribution < -0.4 is 0 Å². The summed E-state index contributed by atoms with van der Waals surface area (Å²) in [5.41, 5.74) is 2.13. The van der Waals surface area contributed by atoms with E-state index in [2.05, 4.69) is 25.6 Å². The highest BCUT2D eigenvalue weighted by atomic mass is 32.1. The molecule has 0 spiro atoms. The SMILES string of the molecule is Cc1ccc2occ(S)c2c1. The number of rotatable bonds is 0. The molecule has 11 heavy (non-hydrogen) atoms. The van der Waals surface area contributed by atoms with Gasteiger partial charge in [-0.2, -0.15) is 0 Å². The Bertz CT molecular complexity index is 389. The molecule has 2 rings (SSSR count). The molecule has 0 atom stereocenters. The van der Waals surface area contributed by atoms with Crippen molar-refractivity contribution < 1.29 is 4.42 Å². The van der Waals surface area contributed by atoms with Gasteiger partial charge in [-0.05, 0) is 19.1 Å². The Morgan fingerprint density at radius 3 is 3.00 bits per heavy atom. The molecule has 1 aromatic carbocycles. The molecule has 0 amide bonds. The highest BCUT2D eigenvalue weighted by Gasteiger charge is 2.00.